The lowest BCUT2D eigenvalue weighted by atomic mass is 9.85. The molecular formula is C26H37N3O5. The summed E-state index contributed by atoms with van der Waals surface area (Å²) >= 11 is 0. The number of carbonyl (C=O) groups is 2. The summed E-state index contributed by atoms with van der Waals surface area (Å²) in [6.07, 6.45) is 3.70. The molecule has 1 fully saturated rings. The van der Waals surface area contributed by atoms with E-state index >= 15 is 0 Å². The lowest BCUT2D eigenvalue weighted by molar-refractivity contribution is -0.133. The Morgan fingerprint density at radius 2 is 1.82 bits per heavy atom. The summed E-state index contributed by atoms with van der Waals surface area (Å²) < 4.78 is 12.5. The first-order chi connectivity index (χ1) is 16.2. The van der Waals surface area contributed by atoms with Crippen molar-refractivity contribution < 1.29 is 18.7 Å². The minimum absolute atomic E-state index is 0.148. The number of ether oxygens (including phenoxy) is 1. The number of nitrogens with one attached hydrogen (secondary N) is 1. The molecule has 2 aromatic rings. The van der Waals surface area contributed by atoms with Gasteiger partial charge in [0, 0.05) is 0 Å². The zero-order valence-electron chi connectivity index (χ0n) is 20.7. The quantitative estimate of drug-likeness (QED) is 0.497. The monoisotopic (exact) mass is 471 g/mol. The molecule has 0 aliphatic heterocycles. The maximum atomic E-state index is 13.3. The number of hydrogen-bond donors (Lipinski definition) is 1. The first-order valence-electron chi connectivity index (χ1n) is 12.3. The summed E-state index contributed by atoms with van der Waals surface area (Å²) in [6.45, 7) is 8.66. The molecular weight excluding hydrogens is 434 g/mol. The predicted octanol–water partition coefficient (Wildman–Crippen LogP) is 3.98. The van der Waals surface area contributed by atoms with Crippen LogP contribution in [0.5, 0.6) is 0 Å². The van der Waals surface area contributed by atoms with Gasteiger partial charge in [0.2, 0.25) is 11.7 Å². The Morgan fingerprint density at radius 3 is 2.50 bits per heavy atom. The highest BCUT2D eigenvalue weighted by Gasteiger charge is 2.35. The van der Waals surface area contributed by atoms with Crippen molar-refractivity contribution in [1.82, 2.24) is 15.1 Å². The maximum Gasteiger partial charge on any atom is 0.437 e. The summed E-state index contributed by atoms with van der Waals surface area (Å²) in [4.78, 5) is 38.6. The van der Waals surface area contributed by atoms with Gasteiger partial charge in [-0.1, -0.05) is 70.9 Å². The number of carbonyl (C=O) groups excluding carboxylic acids is 2. The Labute approximate surface area is 201 Å². The van der Waals surface area contributed by atoms with Crippen molar-refractivity contribution in [2.75, 3.05) is 0 Å². The molecule has 1 aliphatic carbocycles. The smallest absolute Gasteiger partial charge is 0.384 e. The van der Waals surface area contributed by atoms with E-state index in [1.807, 2.05) is 58.0 Å². The maximum absolute atomic E-state index is 13.3. The van der Waals surface area contributed by atoms with Crippen LogP contribution in [0.2, 0.25) is 0 Å². The average Bonchev–Trinajstić information content (AvgIpc) is 3.16. The molecule has 3 rings (SSSR count). The van der Waals surface area contributed by atoms with Gasteiger partial charge >= 0.3 is 5.76 Å². The molecule has 0 radical (unpaired) electrons. The summed E-state index contributed by atoms with van der Waals surface area (Å²) in [5.41, 5.74) is 1.06. The molecule has 1 aromatic carbocycles. The number of ketones is 1. The van der Waals surface area contributed by atoms with E-state index in [1.165, 1.54) is 4.68 Å². The summed E-state index contributed by atoms with van der Waals surface area (Å²) in [5.74, 6) is -1.58. The number of rotatable bonds is 11. The second kappa shape index (κ2) is 12.1. The van der Waals surface area contributed by atoms with E-state index in [1.54, 1.807) is 0 Å². The highest BCUT2D eigenvalue weighted by Crippen LogP contribution is 2.28. The van der Waals surface area contributed by atoms with Crippen LogP contribution in [0.25, 0.3) is 0 Å². The fraction of sp³-hybridized carbons (Fsp3) is 0.615. The van der Waals surface area contributed by atoms with Gasteiger partial charge in [0.15, 0.2) is 0 Å². The van der Waals surface area contributed by atoms with Crippen LogP contribution in [0, 0.1) is 17.8 Å². The van der Waals surface area contributed by atoms with Gasteiger partial charge in [-0.15, -0.1) is 5.10 Å². The van der Waals surface area contributed by atoms with Crippen molar-refractivity contribution >= 4 is 11.7 Å². The number of nitrogens with zero attached hydrogens (tertiary/aromatic N) is 2. The molecule has 0 saturated heterocycles. The molecule has 8 heteroatoms. The average molecular weight is 472 g/mol. The molecule has 34 heavy (non-hydrogen) atoms. The lowest BCUT2D eigenvalue weighted by Gasteiger charge is -2.32. The van der Waals surface area contributed by atoms with Crippen LogP contribution in [0.3, 0.4) is 0 Å². The van der Waals surface area contributed by atoms with E-state index in [0.717, 1.165) is 24.8 Å². The van der Waals surface area contributed by atoms with Gasteiger partial charge in [-0.25, -0.2) is 4.79 Å². The Bertz CT molecular complexity index is 995. The number of aromatic nitrogens is 2. The van der Waals surface area contributed by atoms with Gasteiger partial charge in [-0.05, 0) is 36.7 Å². The van der Waals surface area contributed by atoms with Gasteiger partial charge in [0.25, 0.3) is 5.89 Å². The SMILES string of the molecule is CC(C)C[C@H](NC(=O)C1CCCCC1OCc1ccccc1)C(=O)c1nn(CC(C)C)c(=O)o1. The van der Waals surface area contributed by atoms with Crippen LogP contribution >= 0.6 is 0 Å². The first kappa shape index (κ1) is 25.9. The van der Waals surface area contributed by atoms with Gasteiger partial charge in [0.05, 0.1) is 31.2 Å². The van der Waals surface area contributed by atoms with E-state index in [0.29, 0.717) is 26.0 Å². The molecule has 0 bridgehead atoms. The molecule has 1 aromatic heterocycles. The molecule has 1 heterocycles. The second-order valence-electron chi connectivity index (χ2n) is 10.0. The largest absolute Gasteiger partial charge is 0.437 e. The van der Waals surface area contributed by atoms with Gasteiger partial charge in [-0.2, -0.15) is 4.68 Å². The van der Waals surface area contributed by atoms with E-state index in [2.05, 4.69) is 10.4 Å². The number of Topliss-reactive ketones (excluding diaryl/α,β-unsaturated/α-hetero) is 1. The van der Waals surface area contributed by atoms with E-state index in [4.69, 9.17) is 9.15 Å². The minimum atomic E-state index is -0.810. The predicted molar refractivity (Wildman–Crippen MR) is 128 cm³/mol. The van der Waals surface area contributed by atoms with Crippen molar-refractivity contribution in [1.29, 1.82) is 0 Å². The summed E-state index contributed by atoms with van der Waals surface area (Å²) in [5, 5.41) is 7.02. The zero-order valence-corrected chi connectivity index (χ0v) is 20.7. The van der Waals surface area contributed by atoms with Gasteiger partial charge < -0.3 is 14.5 Å². The first-order valence-corrected chi connectivity index (χ1v) is 12.3. The standard InChI is InChI=1S/C26H37N3O5/c1-17(2)14-21(23(30)25-28-29(15-18(3)4)26(32)34-25)27-24(31)20-12-8-9-13-22(20)33-16-19-10-6-5-7-11-19/h5-7,10-11,17-18,20-22H,8-9,12-16H2,1-4H3,(H,27,31)/t20?,21-,22?/m0/s1. The molecule has 1 N–H and O–H groups in total. The van der Waals surface area contributed by atoms with Gasteiger partial charge in [0.1, 0.15) is 0 Å². The normalized spacial score (nSPS) is 19.4. The molecule has 3 atom stereocenters. The van der Waals surface area contributed by atoms with Gasteiger partial charge in [-0.3, -0.25) is 9.59 Å². The topological polar surface area (TPSA) is 103 Å². The lowest BCUT2D eigenvalue weighted by Crippen LogP contribution is -2.48. The minimum Gasteiger partial charge on any atom is -0.384 e. The molecule has 0 spiro atoms. The Hall–Kier alpha value is -2.74. The van der Waals surface area contributed by atoms with E-state index in [9.17, 15) is 14.4 Å². The third-order valence-corrected chi connectivity index (χ3v) is 6.04. The zero-order chi connectivity index (χ0) is 24.7. The summed E-state index contributed by atoms with van der Waals surface area (Å²) in [6, 6.07) is 9.08. The van der Waals surface area contributed by atoms with E-state index in [-0.39, 0.29) is 35.7 Å². The van der Waals surface area contributed by atoms with Crippen molar-refractivity contribution in [2.45, 2.75) is 85.1 Å². The third kappa shape index (κ3) is 7.13. The van der Waals surface area contributed by atoms with Crippen LogP contribution in [0.1, 0.15) is 76.0 Å². The summed E-state index contributed by atoms with van der Waals surface area (Å²) in [7, 11) is 0. The second-order valence-corrected chi connectivity index (χ2v) is 10.0. The number of benzene rings is 1. The van der Waals surface area contributed by atoms with Crippen molar-refractivity contribution in [2.24, 2.45) is 17.8 Å². The highest BCUT2D eigenvalue weighted by atomic mass is 16.5. The fourth-order valence-electron chi connectivity index (χ4n) is 4.37. The van der Waals surface area contributed by atoms with Crippen LogP contribution in [0.15, 0.2) is 39.5 Å². The van der Waals surface area contributed by atoms with Crippen molar-refractivity contribution in [3.8, 4) is 0 Å². The highest BCUT2D eigenvalue weighted by molar-refractivity contribution is 5.98. The van der Waals surface area contributed by atoms with Crippen molar-refractivity contribution in [3.05, 3.63) is 52.3 Å². The van der Waals surface area contributed by atoms with Crippen LogP contribution in [-0.4, -0.2) is 33.6 Å². The van der Waals surface area contributed by atoms with Crippen LogP contribution < -0.4 is 11.1 Å². The Kier molecular flexibility index (Phi) is 9.21. The Balaban J connectivity index is 1.70. The molecule has 8 nitrogen and oxygen atoms in total. The number of amides is 1. The van der Waals surface area contributed by atoms with E-state index < -0.39 is 17.6 Å². The van der Waals surface area contributed by atoms with Crippen LogP contribution in [0.4, 0.5) is 0 Å². The number of hydrogen-bond acceptors (Lipinski definition) is 6. The van der Waals surface area contributed by atoms with Crippen molar-refractivity contribution in [3.63, 3.8) is 0 Å². The molecule has 1 amide bonds. The molecule has 186 valence electrons. The Morgan fingerprint density at radius 1 is 1.12 bits per heavy atom. The third-order valence-electron chi connectivity index (χ3n) is 6.04. The molecule has 1 saturated carbocycles. The molecule has 2 unspecified atom stereocenters. The van der Waals surface area contributed by atoms with Crippen LogP contribution in [-0.2, 0) is 22.7 Å². The fourth-order valence-corrected chi connectivity index (χ4v) is 4.37. The molecule has 1 aliphatic rings.